The number of benzene rings is 1. The Morgan fingerprint density at radius 1 is 1.35 bits per heavy atom. The van der Waals surface area contributed by atoms with Gasteiger partial charge < -0.3 is 5.11 Å². The van der Waals surface area contributed by atoms with Crippen LogP contribution in [0.15, 0.2) is 24.3 Å². The number of hydrogen-bond donors (Lipinski definition) is 1. The molecule has 0 saturated heterocycles. The van der Waals surface area contributed by atoms with Crippen molar-refractivity contribution in [2.24, 2.45) is 11.8 Å². The van der Waals surface area contributed by atoms with E-state index in [2.05, 4.69) is 6.92 Å². The van der Waals surface area contributed by atoms with Gasteiger partial charge in [-0.3, -0.25) is 0 Å². The topological polar surface area (TPSA) is 20.2 Å². The minimum absolute atomic E-state index is 0.205. The second-order valence-electron chi connectivity index (χ2n) is 5.98. The molecule has 0 radical (unpaired) electrons. The molecule has 1 fully saturated rings. The molecule has 1 N–H and O–H groups in total. The van der Waals surface area contributed by atoms with E-state index in [1.807, 2.05) is 6.07 Å². The van der Waals surface area contributed by atoms with E-state index >= 15 is 0 Å². The van der Waals surface area contributed by atoms with Gasteiger partial charge in [0.15, 0.2) is 0 Å². The summed E-state index contributed by atoms with van der Waals surface area (Å²) < 4.78 is 14.2. The van der Waals surface area contributed by atoms with Crippen LogP contribution >= 0.6 is 11.3 Å². The normalized spacial score (nSPS) is 24.9. The first-order valence-electron chi connectivity index (χ1n) is 7.54. The Bertz CT molecular complexity index is 592. The Labute approximate surface area is 123 Å². The molecule has 3 unspecified atom stereocenters. The maximum atomic E-state index is 13.2. The van der Waals surface area contributed by atoms with E-state index in [-0.39, 0.29) is 11.9 Å². The molecule has 1 heterocycles. The summed E-state index contributed by atoms with van der Waals surface area (Å²) in [5.41, 5.74) is 0. The van der Waals surface area contributed by atoms with Gasteiger partial charge in [-0.2, -0.15) is 0 Å². The Morgan fingerprint density at radius 2 is 2.20 bits per heavy atom. The molecule has 3 heteroatoms. The minimum Gasteiger partial charge on any atom is -0.387 e. The summed E-state index contributed by atoms with van der Waals surface area (Å²) in [6, 6.07) is 6.87. The summed E-state index contributed by atoms with van der Waals surface area (Å²) in [5.74, 6) is 0.922. The van der Waals surface area contributed by atoms with Gasteiger partial charge in [0.05, 0.1) is 6.10 Å². The van der Waals surface area contributed by atoms with E-state index < -0.39 is 0 Å². The Kier molecular flexibility index (Phi) is 4.08. The molecule has 0 amide bonds. The van der Waals surface area contributed by atoms with Crippen molar-refractivity contribution in [2.75, 3.05) is 0 Å². The molecule has 0 spiro atoms. The molecule has 0 aliphatic heterocycles. The van der Waals surface area contributed by atoms with Crippen LogP contribution in [0, 0.1) is 17.7 Å². The monoisotopic (exact) mass is 292 g/mol. The van der Waals surface area contributed by atoms with Crippen LogP contribution < -0.4 is 0 Å². The quantitative estimate of drug-likeness (QED) is 0.815. The lowest BCUT2D eigenvalue weighted by molar-refractivity contribution is 0.0706. The molecular formula is C17H21FOS. The van der Waals surface area contributed by atoms with Gasteiger partial charge in [0, 0.05) is 9.58 Å². The van der Waals surface area contributed by atoms with Gasteiger partial charge in [-0.15, -0.1) is 11.3 Å². The molecule has 1 nitrogen and oxygen atoms in total. The highest BCUT2D eigenvalue weighted by Gasteiger charge is 2.28. The van der Waals surface area contributed by atoms with E-state index in [1.165, 1.54) is 36.7 Å². The average molecular weight is 292 g/mol. The van der Waals surface area contributed by atoms with Crippen molar-refractivity contribution in [3.63, 3.8) is 0 Å². The summed E-state index contributed by atoms with van der Waals surface area (Å²) in [7, 11) is 0. The zero-order valence-electron chi connectivity index (χ0n) is 11.8. The molecule has 1 saturated carbocycles. The van der Waals surface area contributed by atoms with Gasteiger partial charge >= 0.3 is 0 Å². The van der Waals surface area contributed by atoms with Crippen LogP contribution in [0.25, 0.3) is 10.1 Å². The summed E-state index contributed by atoms with van der Waals surface area (Å²) in [5, 5.41) is 11.7. The molecule has 0 bridgehead atoms. The van der Waals surface area contributed by atoms with Gasteiger partial charge in [-0.05, 0) is 48.3 Å². The second-order valence-corrected chi connectivity index (χ2v) is 7.09. The number of aliphatic hydroxyl groups excluding tert-OH is 1. The van der Waals surface area contributed by atoms with Crippen molar-refractivity contribution < 1.29 is 9.50 Å². The first kappa shape index (κ1) is 14.0. The van der Waals surface area contributed by atoms with Gasteiger partial charge in [0.2, 0.25) is 0 Å². The van der Waals surface area contributed by atoms with Crippen LogP contribution in [0.5, 0.6) is 0 Å². The first-order chi connectivity index (χ1) is 9.67. The van der Waals surface area contributed by atoms with E-state index in [1.54, 1.807) is 12.1 Å². The summed E-state index contributed by atoms with van der Waals surface area (Å²) in [4.78, 5) is 0.993. The van der Waals surface area contributed by atoms with Crippen molar-refractivity contribution in [1.82, 2.24) is 0 Å². The lowest BCUT2D eigenvalue weighted by Gasteiger charge is -2.31. The van der Waals surface area contributed by atoms with Gasteiger partial charge in [-0.1, -0.05) is 32.3 Å². The fraction of sp³-hybridized carbons (Fsp3) is 0.529. The Hall–Kier alpha value is -0.930. The molecule has 1 aliphatic rings. The van der Waals surface area contributed by atoms with Gasteiger partial charge in [0.25, 0.3) is 0 Å². The Balaban J connectivity index is 1.82. The fourth-order valence-corrected chi connectivity index (χ4v) is 4.56. The van der Waals surface area contributed by atoms with Crippen LogP contribution in [-0.2, 0) is 0 Å². The maximum Gasteiger partial charge on any atom is 0.124 e. The fourth-order valence-electron chi connectivity index (χ4n) is 3.39. The molecule has 20 heavy (non-hydrogen) atoms. The molecule has 108 valence electrons. The van der Waals surface area contributed by atoms with Gasteiger partial charge in [0.1, 0.15) is 5.82 Å². The smallest absolute Gasteiger partial charge is 0.124 e. The van der Waals surface area contributed by atoms with E-state index in [9.17, 15) is 9.50 Å². The van der Waals surface area contributed by atoms with E-state index in [0.29, 0.717) is 5.92 Å². The number of hydrogen-bond acceptors (Lipinski definition) is 2. The maximum absolute atomic E-state index is 13.2. The van der Waals surface area contributed by atoms with E-state index in [0.717, 1.165) is 33.7 Å². The SMILES string of the molecule is CCC1CCCC(C(O)c2cc3ccc(F)cc3s2)C1. The van der Waals surface area contributed by atoms with Gasteiger partial charge in [-0.25, -0.2) is 4.39 Å². The number of rotatable bonds is 3. The third-order valence-corrected chi connectivity index (χ3v) is 5.81. The highest BCUT2D eigenvalue weighted by molar-refractivity contribution is 7.19. The molecule has 1 aromatic heterocycles. The molecule has 3 rings (SSSR count). The molecule has 3 atom stereocenters. The number of fused-ring (bicyclic) bond motifs is 1. The average Bonchev–Trinajstić information content (AvgIpc) is 2.89. The van der Waals surface area contributed by atoms with Crippen LogP contribution in [0.3, 0.4) is 0 Å². The van der Waals surface area contributed by atoms with Crippen LogP contribution in [0.1, 0.15) is 50.0 Å². The van der Waals surface area contributed by atoms with Crippen molar-refractivity contribution >= 4 is 21.4 Å². The lowest BCUT2D eigenvalue weighted by Crippen LogP contribution is -2.20. The van der Waals surface area contributed by atoms with Crippen molar-refractivity contribution in [3.05, 3.63) is 35.0 Å². The standard InChI is InChI=1S/C17H21FOS/c1-2-11-4-3-5-13(8-11)17(19)16-9-12-6-7-14(18)10-15(12)20-16/h6-7,9-11,13,17,19H,2-5,8H2,1H3. The highest BCUT2D eigenvalue weighted by atomic mass is 32.1. The lowest BCUT2D eigenvalue weighted by atomic mass is 9.77. The third-order valence-electron chi connectivity index (χ3n) is 4.64. The summed E-state index contributed by atoms with van der Waals surface area (Å²) >= 11 is 1.53. The third kappa shape index (κ3) is 2.75. The van der Waals surface area contributed by atoms with Crippen molar-refractivity contribution in [2.45, 2.75) is 45.1 Å². The predicted octanol–water partition coefficient (Wildman–Crippen LogP) is 5.29. The van der Waals surface area contributed by atoms with Crippen LogP contribution in [0.4, 0.5) is 4.39 Å². The minimum atomic E-state index is -0.384. The first-order valence-corrected chi connectivity index (χ1v) is 8.36. The van der Waals surface area contributed by atoms with Crippen molar-refractivity contribution in [1.29, 1.82) is 0 Å². The van der Waals surface area contributed by atoms with E-state index in [4.69, 9.17) is 0 Å². The second kappa shape index (κ2) is 5.82. The number of aliphatic hydroxyl groups is 1. The largest absolute Gasteiger partial charge is 0.387 e. The predicted molar refractivity (Wildman–Crippen MR) is 82.5 cm³/mol. The zero-order chi connectivity index (χ0) is 14.1. The van der Waals surface area contributed by atoms with Crippen LogP contribution in [-0.4, -0.2) is 5.11 Å². The zero-order valence-corrected chi connectivity index (χ0v) is 12.6. The summed E-state index contributed by atoms with van der Waals surface area (Å²) in [6.07, 6.45) is 5.59. The van der Waals surface area contributed by atoms with Crippen molar-refractivity contribution in [3.8, 4) is 0 Å². The molecule has 1 aliphatic carbocycles. The summed E-state index contributed by atoms with van der Waals surface area (Å²) in [6.45, 7) is 2.24. The molecule has 1 aromatic carbocycles. The molecule has 2 aromatic rings. The van der Waals surface area contributed by atoms with Crippen LogP contribution in [0.2, 0.25) is 0 Å². The number of thiophene rings is 1. The highest BCUT2D eigenvalue weighted by Crippen LogP contribution is 2.41. The Morgan fingerprint density at radius 3 is 3.00 bits per heavy atom. The molecular weight excluding hydrogens is 271 g/mol. The number of halogens is 1.